The van der Waals surface area contributed by atoms with E-state index in [2.05, 4.69) is 26.8 Å². The summed E-state index contributed by atoms with van der Waals surface area (Å²) in [6, 6.07) is 15.2. The van der Waals surface area contributed by atoms with E-state index in [1.54, 1.807) is 23.7 Å². The normalized spacial score (nSPS) is 12.4. The van der Waals surface area contributed by atoms with Gasteiger partial charge in [0.25, 0.3) is 5.91 Å². The number of benzene rings is 1. The molecule has 0 bridgehead atoms. The van der Waals surface area contributed by atoms with Gasteiger partial charge in [0.2, 0.25) is 6.79 Å². The monoisotopic (exact) mass is 451 g/mol. The topological polar surface area (TPSA) is 90.0 Å². The zero-order chi connectivity index (χ0) is 21.8. The molecule has 4 aromatic rings. The van der Waals surface area contributed by atoms with E-state index in [0.717, 1.165) is 17.9 Å². The van der Waals surface area contributed by atoms with Gasteiger partial charge in [-0.05, 0) is 41.3 Å². The molecular weight excluding hydrogens is 430 g/mol. The molecule has 0 radical (unpaired) electrons. The van der Waals surface area contributed by atoms with Crippen LogP contribution in [-0.4, -0.2) is 22.8 Å². The van der Waals surface area contributed by atoms with Crippen LogP contribution in [0.25, 0.3) is 0 Å². The maximum Gasteiger partial charge on any atom is 0.273 e. The summed E-state index contributed by atoms with van der Waals surface area (Å²) in [6.45, 7) is 2.43. The molecule has 0 fully saturated rings. The molecule has 1 N–H and O–H groups in total. The van der Waals surface area contributed by atoms with E-state index in [4.69, 9.17) is 18.4 Å². The summed E-state index contributed by atoms with van der Waals surface area (Å²) in [7, 11) is 0. The van der Waals surface area contributed by atoms with Crippen LogP contribution in [0.4, 0.5) is 0 Å². The summed E-state index contributed by atoms with van der Waals surface area (Å²) in [5, 5.41) is 8.87. The number of hydrogen-bond donors (Lipinski definition) is 1. The highest BCUT2D eigenvalue weighted by Crippen LogP contribution is 2.32. The third-order valence-corrected chi connectivity index (χ3v) is 5.84. The number of carbonyl (C=O) groups is 1. The minimum atomic E-state index is -0.298. The highest BCUT2D eigenvalue weighted by molar-refractivity contribution is 7.09. The van der Waals surface area contributed by atoms with Gasteiger partial charge in [-0.15, -0.1) is 11.3 Å². The third-order valence-electron chi connectivity index (χ3n) is 4.98. The Morgan fingerprint density at radius 2 is 1.94 bits per heavy atom. The van der Waals surface area contributed by atoms with Crippen LogP contribution in [0.5, 0.6) is 11.5 Å². The van der Waals surface area contributed by atoms with Gasteiger partial charge in [0.1, 0.15) is 5.76 Å². The molecule has 9 heteroatoms. The fourth-order valence-electron chi connectivity index (χ4n) is 3.45. The Labute approximate surface area is 188 Å². The fraction of sp³-hybridized carbons (Fsp3) is 0.217. The summed E-state index contributed by atoms with van der Waals surface area (Å²) >= 11 is 1.70. The fourth-order valence-corrected chi connectivity index (χ4v) is 4.20. The summed E-state index contributed by atoms with van der Waals surface area (Å²) in [5.74, 6) is 2.57. The van der Waals surface area contributed by atoms with E-state index < -0.39 is 0 Å². The van der Waals surface area contributed by atoms with Crippen molar-refractivity contribution in [1.29, 1.82) is 0 Å². The second-order valence-corrected chi connectivity index (χ2v) is 8.38. The molecule has 1 amide bonds. The predicted octanol–water partition coefficient (Wildman–Crippen LogP) is 4.19. The smallest absolute Gasteiger partial charge is 0.273 e. The zero-order valence-electron chi connectivity index (χ0n) is 17.2. The molecule has 1 aromatic carbocycles. The van der Waals surface area contributed by atoms with Crippen LogP contribution in [-0.2, 0) is 26.2 Å². The first-order valence-corrected chi connectivity index (χ1v) is 11.0. The molecule has 0 saturated heterocycles. The molecule has 1 aliphatic heterocycles. The zero-order valence-corrected chi connectivity index (χ0v) is 18.0. The molecule has 0 aliphatic carbocycles. The van der Waals surface area contributed by atoms with Gasteiger partial charge in [-0.3, -0.25) is 9.69 Å². The number of rotatable bonds is 9. The highest BCUT2D eigenvalue weighted by atomic mass is 32.1. The van der Waals surface area contributed by atoms with Crippen molar-refractivity contribution in [3.8, 4) is 11.5 Å². The SMILES string of the molecule is O=C(NCc1ccc2c(c1)OCO2)c1cc(CN(Cc2ccco2)Cc2cccs2)on1. The summed E-state index contributed by atoms with van der Waals surface area (Å²) < 4.78 is 21.6. The van der Waals surface area contributed by atoms with Gasteiger partial charge in [0.05, 0.1) is 19.4 Å². The molecule has 0 unspecified atom stereocenters. The van der Waals surface area contributed by atoms with Gasteiger partial charge in [0, 0.05) is 24.0 Å². The lowest BCUT2D eigenvalue weighted by molar-refractivity contribution is 0.0941. The largest absolute Gasteiger partial charge is 0.468 e. The molecule has 0 spiro atoms. The number of amides is 1. The first-order valence-electron chi connectivity index (χ1n) is 10.1. The molecule has 0 atom stereocenters. The molecule has 5 rings (SSSR count). The molecule has 164 valence electrons. The Kier molecular flexibility index (Phi) is 5.91. The van der Waals surface area contributed by atoms with Crippen LogP contribution in [0.1, 0.15) is 32.4 Å². The van der Waals surface area contributed by atoms with Crippen LogP contribution < -0.4 is 14.8 Å². The summed E-state index contributed by atoms with van der Waals surface area (Å²) in [6.07, 6.45) is 1.66. The van der Waals surface area contributed by atoms with E-state index in [1.807, 2.05) is 36.4 Å². The van der Waals surface area contributed by atoms with E-state index >= 15 is 0 Å². The lowest BCUT2D eigenvalue weighted by Gasteiger charge is -2.18. The first kappa shape index (κ1) is 20.3. The molecule has 0 saturated carbocycles. The van der Waals surface area contributed by atoms with E-state index in [9.17, 15) is 4.79 Å². The highest BCUT2D eigenvalue weighted by Gasteiger charge is 2.18. The predicted molar refractivity (Wildman–Crippen MR) is 116 cm³/mol. The molecule has 4 heterocycles. The molecule has 8 nitrogen and oxygen atoms in total. The molecular formula is C23H21N3O5S. The van der Waals surface area contributed by atoms with Crippen LogP contribution in [0, 0.1) is 0 Å². The van der Waals surface area contributed by atoms with Crippen molar-refractivity contribution < 1.29 is 23.2 Å². The lowest BCUT2D eigenvalue weighted by Crippen LogP contribution is -2.23. The minimum absolute atomic E-state index is 0.219. The standard InChI is InChI=1S/C23H21N3O5S/c27-23(24-11-16-5-6-21-22(9-16)30-15-29-21)20-10-18(31-25-20)13-26(12-17-3-1-7-28-17)14-19-4-2-8-32-19/h1-10H,11-15H2,(H,24,27). The number of furan rings is 1. The summed E-state index contributed by atoms with van der Waals surface area (Å²) in [4.78, 5) is 16.0. The van der Waals surface area contributed by atoms with Crippen molar-refractivity contribution in [2.75, 3.05) is 6.79 Å². The average Bonchev–Trinajstić information content (AvgIpc) is 3.60. The van der Waals surface area contributed by atoms with Crippen molar-refractivity contribution in [2.24, 2.45) is 0 Å². The number of thiophene rings is 1. The van der Waals surface area contributed by atoms with E-state index in [-0.39, 0.29) is 18.4 Å². The number of ether oxygens (including phenoxy) is 2. The maximum atomic E-state index is 12.5. The number of hydrogen-bond acceptors (Lipinski definition) is 8. The average molecular weight is 452 g/mol. The Bertz CT molecular complexity index is 1130. The van der Waals surface area contributed by atoms with E-state index in [0.29, 0.717) is 36.9 Å². The number of fused-ring (bicyclic) bond motifs is 1. The second-order valence-electron chi connectivity index (χ2n) is 7.35. The van der Waals surface area contributed by atoms with Gasteiger partial charge in [0.15, 0.2) is 23.0 Å². The van der Waals surface area contributed by atoms with Crippen LogP contribution in [0.3, 0.4) is 0 Å². The van der Waals surface area contributed by atoms with Gasteiger partial charge >= 0.3 is 0 Å². The van der Waals surface area contributed by atoms with Gasteiger partial charge in [-0.2, -0.15) is 0 Å². The Morgan fingerprint density at radius 1 is 1.03 bits per heavy atom. The Morgan fingerprint density at radius 3 is 2.78 bits per heavy atom. The maximum absolute atomic E-state index is 12.5. The van der Waals surface area contributed by atoms with Gasteiger partial charge < -0.3 is 23.7 Å². The number of carbonyl (C=O) groups excluding carboxylic acids is 1. The van der Waals surface area contributed by atoms with Crippen molar-refractivity contribution in [2.45, 2.75) is 26.2 Å². The van der Waals surface area contributed by atoms with E-state index in [1.165, 1.54) is 4.88 Å². The summed E-state index contributed by atoms with van der Waals surface area (Å²) in [5.41, 5.74) is 1.15. The quantitative estimate of drug-likeness (QED) is 0.408. The van der Waals surface area contributed by atoms with Crippen LogP contribution in [0.2, 0.25) is 0 Å². The second kappa shape index (κ2) is 9.29. The Hall–Kier alpha value is -3.56. The number of nitrogens with one attached hydrogen (secondary N) is 1. The number of aromatic nitrogens is 1. The van der Waals surface area contributed by atoms with Crippen LogP contribution >= 0.6 is 11.3 Å². The molecule has 3 aromatic heterocycles. The van der Waals surface area contributed by atoms with Crippen molar-refractivity contribution in [1.82, 2.24) is 15.4 Å². The Balaban J connectivity index is 1.21. The van der Waals surface area contributed by atoms with Crippen molar-refractivity contribution in [3.63, 3.8) is 0 Å². The minimum Gasteiger partial charge on any atom is -0.468 e. The molecule has 1 aliphatic rings. The van der Waals surface area contributed by atoms with Gasteiger partial charge in [-0.25, -0.2) is 0 Å². The molecule has 32 heavy (non-hydrogen) atoms. The van der Waals surface area contributed by atoms with Crippen LogP contribution in [0.15, 0.2) is 69.1 Å². The first-order chi connectivity index (χ1) is 15.7. The lowest BCUT2D eigenvalue weighted by atomic mass is 10.2. The third kappa shape index (κ3) is 4.84. The van der Waals surface area contributed by atoms with Crippen molar-refractivity contribution >= 4 is 17.2 Å². The van der Waals surface area contributed by atoms with Crippen molar-refractivity contribution in [3.05, 3.63) is 87.8 Å². The van der Waals surface area contributed by atoms with Gasteiger partial charge in [-0.1, -0.05) is 17.3 Å². The number of nitrogens with zero attached hydrogens (tertiary/aromatic N) is 2.